The van der Waals surface area contributed by atoms with E-state index in [1.165, 1.54) is 16.7 Å². The van der Waals surface area contributed by atoms with Gasteiger partial charge in [-0.15, -0.1) is 11.8 Å². The molecule has 2 aliphatic heterocycles. The number of aliphatic hydroxyl groups is 1. The Morgan fingerprint density at radius 1 is 1.00 bits per heavy atom. The van der Waals surface area contributed by atoms with E-state index in [1.54, 1.807) is 12.1 Å². The van der Waals surface area contributed by atoms with Crippen molar-refractivity contribution in [3.8, 4) is 0 Å². The number of ether oxygens (including phenoxy) is 2. The molecule has 1 N–H and O–H groups in total. The summed E-state index contributed by atoms with van der Waals surface area (Å²) in [7, 11) is 0. The molecule has 1 amide bonds. The van der Waals surface area contributed by atoms with Crippen molar-refractivity contribution < 1.29 is 29.0 Å². The minimum atomic E-state index is -1.59. The van der Waals surface area contributed by atoms with E-state index in [4.69, 9.17) is 9.47 Å². The average Bonchev–Trinajstić information content (AvgIpc) is 3.04. The molecule has 4 rings (SSSR count). The molecule has 2 aliphatic rings. The Labute approximate surface area is 190 Å². The monoisotopic (exact) mass is 455 g/mol. The lowest BCUT2D eigenvalue weighted by Crippen LogP contribution is -2.66. The number of hydrogen-bond donors (Lipinski definition) is 1. The van der Waals surface area contributed by atoms with Crippen molar-refractivity contribution in [2.24, 2.45) is 5.92 Å². The molecule has 2 heterocycles. The number of fused-ring (bicyclic) bond motifs is 1. The van der Waals surface area contributed by atoms with Crippen molar-refractivity contribution in [3.05, 3.63) is 71.8 Å². The van der Waals surface area contributed by atoms with Crippen LogP contribution in [0.1, 0.15) is 25.0 Å². The summed E-state index contributed by atoms with van der Waals surface area (Å²) in [6.07, 6.45) is -1.59. The van der Waals surface area contributed by atoms with Crippen molar-refractivity contribution >= 4 is 29.6 Å². The number of carbonyl (C=O) groups is 3. The quantitative estimate of drug-likeness (QED) is 0.507. The molecule has 0 saturated carbocycles. The minimum Gasteiger partial charge on any atom is -0.459 e. The van der Waals surface area contributed by atoms with E-state index in [0.717, 1.165) is 11.1 Å². The van der Waals surface area contributed by atoms with Crippen molar-refractivity contribution in [1.29, 1.82) is 0 Å². The van der Waals surface area contributed by atoms with Crippen LogP contribution < -0.4 is 0 Å². The maximum absolute atomic E-state index is 12.9. The predicted octanol–water partition coefficient (Wildman–Crippen LogP) is 2.51. The molecule has 0 spiro atoms. The number of β-lactam (4-membered cyclic amide) rings is 1. The van der Waals surface area contributed by atoms with Gasteiger partial charge in [0.1, 0.15) is 25.2 Å². The number of thioether (sulfide) groups is 1. The second-order valence-corrected chi connectivity index (χ2v) is 10.2. The van der Waals surface area contributed by atoms with E-state index >= 15 is 0 Å². The summed E-state index contributed by atoms with van der Waals surface area (Å²) in [6, 6.07) is 17.6. The minimum absolute atomic E-state index is 0.0130. The maximum atomic E-state index is 12.9. The van der Waals surface area contributed by atoms with Crippen LogP contribution >= 0.6 is 11.8 Å². The van der Waals surface area contributed by atoms with Crippen LogP contribution in [-0.2, 0) is 37.1 Å². The number of hydrogen-bond acceptors (Lipinski definition) is 7. The highest BCUT2D eigenvalue weighted by molar-refractivity contribution is 8.01. The number of esters is 2. The molecule has 32 heavy (non-hydrogen) atoms. The third-order valence-corrected chi connectivity index (χ3v) is 7.33. The third-order valence-electron chi connectivity index (χ3n) is 5.73. The van der Waals surface area contributed by atoms with E-state index < -0.39 is 46.0 Å². The number of nitrogens with zero attached hydrogens (tertiary/aromatic N) is 1. The SMILES string of the molecule is CC1(C)S[C@@H]2[C@@H](C(O)C(=O)OCc3ccccc3)C(=O)N2[C@H]1C(=O)OCc1ccccc1. The van der Waals surface area contributed by atoms with E-state index in [2.05, 4.69) is 0 Å². The van der Waals surface area contributed by atoms with Crippen molar-refractivity contribution in [1.82, 2.24) is 4.90 Å². The smallest absolute Gasteiger partial charge is 0.336 e. The highest BCUT2D eigenvalue weighted by Crippen LogP contribution is 2.54. The number of rotatable bonds is 7. The molecular weight excluding hydrogens is 430 g/mol. The highest BCUT2D eigenvalue weighted by atomic mass is 32.2. The van der Waals surface area contributed by atoms with Crippen molar-refractivity contribution in [3.63, 3.8) is 0 Å². The Hall–Kier alpha value is -2.84. The van der Waals surface area contributed by atoms with Gasteiger partial charge < -0.3 is 19.5 Å². The van der Waals surface area contributed by atoms with Crippen molar-refractivity contribution in [2.75, 3.05) is 0 Å². The van der Waals surface area contributed by atoms with E-state index in [0.29, 0.717) is 0 Å². The van der Waals surface area contributed by atoms with Crippen LogP contribution in [0, 0.1) is 5.92 Å². The molecule has 0 radical (unpaired) electrons. The summed E-state index contributed by atoms with van der Waals surface area (Å²) in [4.78, 5) is 39.5. The Kier molecular flexibility index (Phi) is 6.26. The van der Waals surface area contributed by atoms with Gasteiger partial charge in [-0.2, -0.15) is 0 Å². The summed E-state index contributed by atoms with van der Waals surface area (Å²) in [6.45, 7) is 3.84. The summed E-state index contributed by atoms with van der Waals surface area (Å²) in [5.74, 6) is -2.74. The molecular formula is C24H25NO6S. The van der Waals surface area contributed by atoms with Crippen LogP contribution in [0.3, 0.4) is 0 Å². The molecule has 0 aromatic heterocycles. The molecule has 2 aromatic rings. The number of benzene rings is 2. The molecule has 168 valence electrons. The summed E-state index contributed by atoms with van der Waals surface area (Å²) >= 11 is 1.38. The van der Waals surface area contributed by atoms with Crippen molar-refractivity contribution in [2.45, 2.75) is 49.3 Å². The van der Waals surface area contributed by atoms with E-state index in [-0.39, 0.29) is 13.2 Å². The lowest BCUT2D eigenvalue weighted by Gasteiger charge is -2.45. The lowest BCUT2D eigenvalue weighted by atomic mass is 9.88. The number of amides is 1. The van der Waals surface area contributed by atoms with Crippen LogP contribution in [0.5, 0.6) is 0 Å². The van der Waals surface area contributed by atoms with Gasteiger partial charge in [0.2, 0.25) is 5.91 Å². The Balaban J connectivity index is 1.39. The Morgan fingerprint density at radius 3 is 2.09 bits per heavy atom. The number of aliphatic hydroxyl groups excluding tert-OH is 1. The zero-order chi connectivity index (χ0) is 22.9. The molecule has 1 unspecified atom stereocenters. The fourth-order valence-electron chi connectivity index (χ4n) is 4.08. The van der Waals surface area contributed by atoms with Crippen LogP contribution in [0.15, 0.2) is 60.7 Å². The molecule has 8 heteroatoms. The predicted molar refractivity (Wildman–Crippen MR) is 118 cm³/mol. The van der Waals surface area contributed by atoms with E-state index in [1.807, 2.05) is 62.4 Å². The molecule has 4 atom stereocenters. The molecule has 2 fully saturated rings. The second kappa shape index (κ2) is 8.96. The van der Waals surface area contributed by atoms with Gasteiger partial charge in [-0.25, -0.2) is 9.59 Å². The van der Waals surface area contributed by atoms with Gasteiger partial charge in [-0.05, 0) is 25.0 Å². The zero-order valence-corrected chi connectivity index (χ0v) is 18.7. The fourth-order valence-corrected chi connectivity index (χ4v) is 5.79. The summed E-state index contributed by atoms with van der Waals surface area (Å²) in [5.41, 5.74) is 1.64. The first-order chi connectivity index (χ1) is 15.3. The second-order valence-electron chi connectivity index (χ2n) is 8.42. The summed E-state index contributed by atoms with van der Waals surface area (Å²) < 4.78 is 10.0. The first kappa shape index (κ1) is 22.4. The largest absolute Gasteiger partial charge is 0.459 e. The van der Waals surface area contributed by atoms with Gasteiger partial charge in [0, 0.05) is 4.75 Å². The normalized spacial score (nSPS) is 24.3. The molecule has 7 nitrogen and oxygen atoms in total. The third kappa shape index (κ3) is 4.25. The van der Waals surface area contributed by atoms with Gasteiger partial charge in [-0.3, -0.25) is 4.79 Å². The van der Waals surface area contributed by atoms with Crippen LogP contribution in [0.4, 0.5) is 0 Å². The highest BCUT2D eigenvalue weighted by Gasteiger charge is 2.66. The van der Waals surface area contributed by atoms with Gasteiger partial charge >= 0.3 is 11.9 Å². The average molecular weight is 456 g/mol. The Morgan fingerprint density at radius 2 is 1.53 bits per heavy atom. The van der Waals surface area contributed by atoms with Crippen LogP contribution in [0.25, 0.3) is 0 Å². The zero-order valence-electron chi connectivity index (χ0n) is 17.8. The topological polar surface area (TPSA) is 93.1 Å². The van der Waals surface area contributed by atoms with Gasteiger partial charge in [0.05, 0.1) is 5.37 Å². The first-order valence-electron chi connectivity index (χ1n) is 10.4. The van der Waals surface area contributed by atoms with Gasteiger partial charge in [-0.1, -0.05) is 60.7 Å². The van der Waals surface area contributed by atoms with Gasteiger partial charge in [0.15, 0.2) is 6.10 Å². The van der Waals surface area contributed by atoms with Crippen LogP contribution in [-0.4, -0.2) is 50.1 Å². The maximum Gasteiger partial charge on any atom is 0.336 e. The van der Waals surface area contributed by atoms with Gasteiger partial charge in [0.25, 0.3) is 0 Å². The Bertz CT molecular complexity index is 996. The van der Waals surface area contributed by atoms with E-state index in [9.17, 15) is 19.5 Å². The first-order valence-corrected chi connectivity index (χ1v) is 11.3. The standard InChI is InChI=1S/C24H25NO6S/c1-24(2)19(23(29)31-14-16-11-7-4-8-12-16)25-20(27)17(21(25)32-24)18(26)22(28)30-13-15-9-5-3-6-10-15/h3-12,17-19,21,26H,13-14H2,1-2H3/t17-,18?,19-,21+/m0/s1. The fraction of sp³-hybridized carbons (Fsp3) is 0.375. The lowest BCUT2D eigenvalue weighted by molar-refractivity contribution is -0.179. The summed E-state index contributed by atoms with van der Waals surface area (Å²) in [5, 5.41) is 10.0. The number of carbonyl (C=O) groups excluding carboxylic acids is 3. The molecule has 0 aliphatic carbocycles. The molecule has 0 bridgehead atoms. The van der Waals surface area contributed by atoms with Crippen LogP contribution in [0.2, 0.25) is 0 Å². The molecule has 2 aromatic carbocycles. The molecule has 2 saturated heterocycles.